The number of fused-ring (bicyclic) bond motifs is 1. The molecule has 2 aliphatic carbocycles. The van der Waals surface area contributed by atoms with Crippen LogP contribution in [-0.2, 0) is 6.54 Å². The number of thiophene rings is 1. The Morgan fingerprint density at radius 1 is 1.38 bits per heavy atom. The number of hydrogen-bond donors (Lipinski definition) is 0. The Balaban J connectivity index is 2.00. The molecule has 0 aromatic carbocycles. The van der Waals surface area contributed by atoms with Crippen LogP contribution in [0.5, 0.6) is 0 Å². The maximum atomic E-state index is 13.3. The lowest BCUT2D eigenvalue weighted by atomic mass is 10.2. The summed E-state index contributed by atoms with van der Waals surface area (Å²) in [4.78, 5) is 37.5. The van der Waals surface area contributed by atoms with Crippen LogP contribution in [0.15, 0.2) is 9.59 Å². The van der Waals surface area contributed by atoms with Crippen LogP contribution in [0.3, 0.4) is 0 Å². The largest absolute Gasteiger partial charge is 0.332 e. The standard InChI is InChI=1S/C16H16F2N2O3S/c1-7-3-10(7)20-13(22)12-8(2)11(6-21)24-14(12)19(15(20)23)5-9-4-16(9,17)18/h6-7,9-10H,3-5H2,1-2H3/t7-,9?,10-/m0/s1. The molecule has 0 bridgehead atoms. The Morgan fingerprint density at radius 3 is 2.50 bits per heavy atom. The summed E-state index contributed by atoms with van der Waals surface area (Å²) in [5.41, 5.74) is -0.429. The lowest BCUT2D eigenvalue weighted by Gasteiger charge is -2.11. The third kappa shape index (κ3) is 2.12. The van der Waals surface area contributed by atoms with E-state index in [-0.39, 0.29) is 24.9 Å². The van der Waals surface area contributed by atoms with Gasteiger partial charge in [-0.3, -0.25) is 18.7 Å². The van der Waals surface area contributed by atoms with Gasteiger partial charge in [0.15, 0.2) is 6.29 Å². The molecule has 0 radical (unpaired) electrons. The molecule has 8 heteroatoms. The van der Waals surface area contributed by atoms with Crippen molar-refractivity contribution in [3.63, 3.8) is 0 Å². The number of aryl methyl sites for hydroxylation is 1. The number of aromatic nitrogens is 2. The van der Waals surface area contributed by atoms with Crippen molar-refractivity contribution in [3.8, 4) is 0 Å². The van der Waals surface area contributed by atoms with Crippen LogP contribution in [0.25, 0.3) is 10.2 Å². The van der Waals surface area contributed by atoms with Gasteiger partial charge in [0.05, 0.1) is 10.3 Å². The molecule has 2 fully saturated rings. The molecule has 0 saturated heterocycles. The molecule has 1 unspecified atom stereocenters. The number of carbonyl (C=O) groups excluding carboxylic acids is 1. The van der Waals surface area contributed by atoms with Gasteiger partial charge in [0, 0.05) is 24.9 Å². The van der Waals surface area contributed by atoms with E-state index in [2.05, 4.69) is 0 Å². The maximum absolute atomic E-state index is 13.3. The number of halogens is 2. The number of rotatable bonds is 4. The highest BCUT2D eigenvalue weighted by atomic mass is 32.1. The van der Waals surface area contributed by atoms with Crippen LogP contribution >= 0.6 is 11.3 Å². The minimum Gasteiger partial charge on any atom is -0.297 e. The second kappa shape index (κ2) is 4.84. The quantitative estimate of drug-likeness (QED) is 0.793. The number of alkyl halides is 2. The molecule has 2 heterocycles. The smallest absolute Gasteiger partial charge is 0.297 e. The van der Waals surface area contributed by atoms with Gasteiger partial charge in [0.1, 0.15) is 4.83 Å². The zero-order valence-corrected chi connectivity index (χ0v) is 14.0. The summed E-state index contributed by atoms with van der Waals surface area (Å²) in [7, 11) is 0. The molecule has 4 rings (SSSR count). The fourth-order valence-corrected chi connectivity index (χ4v) is 4.41. The Labute approximate surface area is 139 Å². The summed E-state index contributed by atoms with van der Waals surface area (Å²) in [6.07, 6.45) is 1.12. The number of aldehydes is 1. The third-order valence-electron chi connectivity index (χ3n) is 5.14. The second-order valence-electron chi connectivity index (χ2n) is 6.90. The molecule has 0 aliphatic heterocycles. The van der Waals surface area contributed by atoms with Crippen molar-refractivity contribution in [2.45, 2.75) is 45.2 Å². The normalized spacial score (nSPS) is 27.4. The van der Waals surface area contributed by atoms with E-state index < -0.39 is 23.1 Å². The van der Waals surface area contributed by atoms with E-state index in [4.69, 9.17) is 0 Å². The first-order valence-corrected chi connectivity index (χ1v) is 8.69. The number of nitrogens with zero attached hydrogens (tertiary/aromatic N) is 2. The van der Waals surface area contributed by atoms with E-state index in [0.29, 0.717) is 26.9 Å². The van der Waals surface area contributed by atoms with E-state index in [1.807, 2.05) is 6.92 Å². The predicted octanol–water partition coefficient (Wildman–Crippen LogP) is 2.58. The highest BCUT2D eigenvalue weighted by Gasteiger charge is 2.57. The number of hydrogen-bond acceptors (Lipinski definition) is 4. The Morgan fingerprint density at radius 2 is 2.00 bits per heavy atom. The van der Waals surface area contributed by atoms with Crippen molar-refractivity contribution in [2.24, 2.45) is 11.8 Å². The van der Waals surface area contributed by atoms with Gasteiger partial charge in [0.2, 0.25) is 0 Å². The van der Waals surface area contributed by atoms with Crippen LogP contribution in [-0.4, -0.2) is 21.3 Å². The van der Waals surface area contributed by atoms with Gasteiger partial charge in [-0.1, -0.05) is 6.92 Å². The molecule has 0 amide bonds. The molecule has 2 saturated carbocycles. The van der Waals surface area contributed by atoms with Gasteiger partial charge in [-0.05, 0) is 24.8 Å². The monoisotopic (exact) mass is 354 g/mol. The molecular weight excluding hydrogens is 338 g/mol. The van der Waals surface area contributed by atoms with Crippen molar-refractivity contribution in [1.82, 2.24) is 9.13 Å². The molecule has 2 aromatic heterocycles. The van der Waals surface area contributed by atoms with Crippen LogP contribution in [0.1, 0.15) is 41.0 Å². The minimum absolute atomic E-state index is 0.123. The fourth-order valence-electron chi connectivity index (χ4n) is 3.30. The topological polar surface area (TPSA) is 61.1 Å². The zero-order chi connectivity index (χ0) is 17.4. The lowest BCUT2D eigenvalue weighted by molar-refractivity contribution is 0.0950. The summed E-state index contributed by atoms with van der Waals surface area (Å²) in [6.45, 7) is 3.48. The van der Waals surface area contributed by atoms with Gasteiger partial charge in [-0.15, -0.1) is 11.3 Å². The summed E-state index contributed by atoms with van der Waals surface area (Å²) in [5, 5.41) is 0.310. The summed E-state index contributed by atoms with van der Waals surface area (Å²) in [6, 6.07) is -0.181. The average Bonchev–Trinajstić information content (AvgIpc) is 3.32. The van der Waals surface area contributed by atoms with Gasteiger partial charge < -0.3 is 0 Å². The fraction of sp³-hybridized carbons (Fsp3) is 0.562. The van der Waals surface area contributed by atoms with Crippen LogP contribution in [0.4, 0.5) is 8.78 Å². The molecule has 5 nitrogen and oxygen atoms in total. The van der Waals surface area contributed by atoms with E-state index in [1.165, 1.54) is 9.13 Å². The van der Waals surface area contributed by atoms with Gasteiger partial charge in [0.25, 0.3) is 11.5 Å². The van der Waals surface area contributed by atoms with Crippen molar-refractivity contribution >= 4 is 27.8 Å². The average molecular weight is 354 g/mol. The zero-order valence-electron chi connectivity index (χ0n) is 13.2. The predicted molar refractivity (Wildman–Crippen MR) is 86.3 cm³/mol. The van der Waals surface area contributed by atoms with Crippen molar-refractivity contribution < 1.29 is 13.6 Å². The van der Waals surface area contributed by atoms with Gasteiger partial charge >= 0.3 is 5.69 Å². The second-order valence-corrected chi connectivity index (χ2v) is 7.93. The van der Waals surface area contributed by atoms with Crippen LogP contribution < -0.4 is 11.2 Å². The highest BCUT2D eigenvalue weighted by molar-refractivity contribution is 7.20. The molecular formula is C16H16F2N2O3S. The Kier molecular flexibility index (Phi) is 3.16. The Bertz CT molecular complexity index is 988. The summed E-state index contributed by atoms with van der Waals surface area (Å²) < 4.78 is 29.2. The SMILES string of the molecule is Cc1c(C=O)sc2c1c(=O)n([C@H]1C[C@@H]1C)c(=O)n2CC1CC1(F)F. The molecule has 24 heavy (non-hydrogen) atoms. The van der Waals surface area contributed by atoms with Crippen LogP contribution in [0.2, 0.25) is 0 Å². The van der Waals surface area contributed by atoms with Crippen molar-refractivity contribution in [3.05, 3.63) is 31.3 Å². The molecule has 0 spiro atoms. The van der Waals surface area contributed by atoms with E-state index in [1.54, 1.807) is 6.92 Å². The highest BCUT2D eigenvalue weighted by Crippen LogP contribution is 2.49. The first kappa shape index (κ1) is 15.7. The minimum atomic E-state index is -2.75. The molecule has 2 aromatic rings. The Hall–Kier alpha value is -1.83. The van der Waals surface area contributed by atoms with E-state index >= 15 is 0 Å². The first-order chi connectivity index (χ1) is 11.3. The van der Waals surface area contributed by atoms with E-state index in [0.717, 1.165) is 17.8 Å². The number of carbonyl (C=O) groups is 1. The maximum Gasteiger partial charge on any atom is 0.332 e. The third-order valence-corrected chi connectivity index (χ3v) is 6.38. The van der Waals surface area contributed by atoms with Crippen molar-refractivity contribution in [2.75, 3.05) is 0 Å². The van der Waals surface area contributed by atoms with Gasteiger partial charge in [-0.2, -0.15) is 0 Å². The molecule has 128 valence electrons. The molecule has 3 atom stereocenters. The summed E-state index contributed by atoms with van der Waals surface area (Å²) in [5.74, 6) is -3.42. The van der Waals surface area contributed by atoms with Gasteiger partial charge in [-0.25, -0.2) is 13.6 Å². The van der Waals surface area contributed by atoms with Crippen LogP contribution in [0, 0.1) is 18.8 Å². The van der Waals surface area contributed by atoms with Crippen molar-refractivity contribution in [1.29, 1.82) is 0 Å². The summed E-state index contributed by atoms with van der Waals surface area (Å²) >= 11 is 1.03. The lowest BCUT2D eigenvalue weighted by Crippen LogP contribution is -2.40. The first-order valence-electron chi connectivity index (χ1n) is 7.87. The molecule has 2 aliphatic rings. The molecule has 0 N–H and O–H groups in total. The van der Waals surface area contributed by atoms with E-state index in [9.17, 15) is 23.2 Å².